The SMILES string of the molecule is Cc1ccc(C#N)cc1NS(=O)(=O)c1ccc(O)cc1. The van der Waals surface area contributed by atoms with Crippen molar-refractivity contribution < 1.29 is 13.5 Å². The predicted octanol–water partition coefficient (Wildman–Crippen LogP) is 2.37. The molecule has 6 heteroatoms. The number of aryl methyl sites for hydroxylation is 1. The molecule has 0 saturated heterocycles. The summed E-state index contributed by atoms with van der Waals surface area (Å²) in [4.78, 5) is 0.0389. The largest absolute Gasteiger partial charge is 0.508 e. The van der Waals surface area contributed by atoms with Crippen LogP contribution < -0.4 is 4.72 Å². The van der Waals surface area contributed by atoms with Crippen molar-refractivity contribution in [3.05, 3.63) is 53.6 Å². The Morgan fingerprint density at radius 2 is 1.80 bits per heavy atom. The van der Waals surface area contributed by atoms with Crippen LogP contribution in [0, 0.1) is 18.3 Å². The van der Waals surface area contributed by atoms with Crippen LogP contribution in [0.25, 0.3) is 0 Å². The fourth-order valence-corrected chi connectivity index (χ4v) is 2.75. The van der Waals surface area contributed by atoms with Gasteiger partial charge in [-0.3, -0.25) is 4.72 Å². The van der Waals surface area contributed by atoms with E-state index in [2.05, 4.69) is 4.72 Å². The molecule has 2 rings (SSSR count). The summed E-state index contributed by atoms with van der Waals surface area (Å²) in [7, 11) is -3.75. The van der Waals surface area contributed by atoms with Crippen LogP contribution in [0.5, 0.6) is 5.75 Å². The lowest BCUT2D eigenvalue weighted by molar-refractivity contribution is 0.475. The van der Waals surface area contributed by atoms with Gasteiger partial charge in [0.25, 0.3) is 10.0 Å². The van der Waals surface area contributed by atoms with Gasteiger partial charge in [-0.2, -0.15) is 5.26 Å². The van der Waals surface area contributed by atoms with E-state index in [1.54, 1.807) is 19.1 Å². The zero-order chi connectivity index (χ0) is 14.8. The first kappa shape index (κ1) is 13.9. The molecule has 102 valence electrons. The van der Waals surface area contributed by atoms with E-state index in [4.69, 9.17) is 5.26 Å². The third-order valence-electron chi connectivity index (χ3n) is 2.76. The zero-order valence-electron chi connectivity index (χ0n) is 10.7. The molecule has 0 aliphatic rings. The van der Waals surface area contributed by atoms with Crippen LogP contribution in [0.15, 0.2) is 47.4 Å². The summed E-state index contributed by atoms with van der Waals surface area (Å²) in [5, 5.41) is 18.0. The minimum atomic E-state index is -3.75. The van der Waals surface area contributed by atoms with E-state index in [1.165, 1.54) is 30.3 Å². The molecule has 0 atom stereocenters. The van der Waals surface area contributed by atoms with Crippen molar-refractivity contribution in [1.29, 1.82) is 5.26 Å². The molecular formula is C14H12N2O3S. The topological polar surface area (TPSA) is 90.2 Å². The number of sulfonamides is 1. The number of nitrogens with zero attached hydrogens (tertiary/aromatic N) is 1. The lowest BCUT2D eigenvalue weighted by atomic mass is 10.1. The molecule has 20 heavy (non-hydrogen) atoms. The monoisotopic (exact) mass is 288 g/mol. The molecule has 0 radical (unpaired) electrons. The van der Waals surface area contributed by atoms with E-state index in [1.807, 2.05) is 6.07 Å². The first-order valence-electron chi connectivity index (χ1n) is 5.75. The summed E-state index contributed by atoms with van der Waals surface area (Å²) >= 11 is 0. The van der Waals surface area contributed by atoms with Gasteiger partial charge in [0, 0.05) is 0 Å². The molecule has 0 aliphatic carbocycles. The van der Waals surface area contributed by atoms with E-state index in [0.717, 1.165) is 0 Å². The highest BCUT2D eigenvalue weighted by Crippen LogP contribution is 2.22. The van der Waals surface area contributed by atoms with Crippen LogP contribution in [0.2, 0.25) is 0 Å². The summed E-state index contributed by atoms with van der Waals surface area (Å²) in [6, 6.07) is 11.9. The van der Waals surface area contributed by atoms with Crippen molar-refractivity contribution in [1.82, 2.24) is 0 Å². The van der Waals surface area contributed by atoms with Crippen molar-refractivity contribution >= 4 is 15.7 Å². The van der Waals surface area contributed by atoms with Gasteiger partial charge < -0.3 is 5.11 Å². The van der Waals surface area contributed by atoms with Gasteiger partial charge in [0.05, 0.1) is 22.2 Å². The molecular weight excluding hydrogens is 276 g/mol. The van der Waals surface area contributed by atoms with Crippen molar-refractivity contribution in [3.8, 4) is 11.8 Å². The molecule has 0 saturated carbocycles. The maximum Gasteiger partial charge on any atom is 0.261 e. The molecule has 0 heterocycles. The molecule has 0 spiro atoms. The first-order chi connectivity index (χ1) is 9.42. The van der Waals surface area contributed by atoms with E-state index < -0.39 is 10.0 Å². The number of hydrogen-bond acceptors (Lipinski definition) is 4. The number of phenols is 1. The summed E-state index contributed by atoms with van der Waals surface area (Å²) in [5.74, 6) is -0.00777. The average Bonchev–Trinajstić information content (AvgIpc) is 2.41. The Labute approximate surface area is 117 Å². The Balaban J connectivity index is 2.38. The van der Waals surface area contributed by atoms with Crippen molar-refractivity contribution in [2.75, 3.05) is 4.72 Å². The Kier molecular flexibility index (Phi) is 3.63. The number of anilines is 1. The van der Waals surface area contributed by atoms with E-state index >= 15 is 0 Å². The molecule has 5 nitrogen and oxygen atoms in total. The van der Waals surface area contributed by atoms with Crippen LogP contribution in [0.1, 0.15) is 11.1 Å². The van der Waals surface area contributed by atoms with Crippen molar-refractivity contribution in [3.63, 3.8) is 0 Å². The standard InChI is InChI=1S/C14H12N2O3S/c1-10-2-3-11(9-15)8-14(10)16-20(18,19)13-6-4-12(17)5-7-13/h2-8,16-17H,1H3. The van der Waals surface area contributed by atoms with Gasteiger partial charge in [0.2, 0.25) is 0 Å². The zero-order valence-corrected chi connectivity index (χ0v) is 11.5. The number of phenolic OH excluding ortho intramolecular Hbond substituents is 1. The predicted molar refractivity (Wildman–Crippen MR) is 74.8 cm³/mol. The smallest absolute Gasteiger partial charge is 0.261 e. The van der Waals surface area contributed by atoms with Gasteiger partial charge in [-0.1, -0.05) is 6.07 Å². The van der Waals surface area contributed by atoms with E-state index in [0.29, 0.717) is 16.8 Å². The summed E-state index contributed by atoms with van der Waals surface area (Å²) in [6.07, 6.45) is 0. The summed E-state index contributed by atoms with van der Waals surface area (Å²) in [6.45, 7) is 1.75. The molecule has 2 N–H and O–H groups in total. The molecule has 0 unspecified atom stereocenters. The number of benzene rings is 2. The fraction of sp³-hybridized carbons (Fsp3) is 0.0714. The molecule has 2 aromatic rings. The highest BCUT2D eigenvalue weighted by atomic mass is 32.2. The summed E-state index contributed by atoms with van der Waals surface area (Å²) < 4.78 is 26.8. The number of nitrogens with one attached hydrogen (secondary N) is 1. The van der Waals surface area contributed by atoms with Gasteiger partial charge in [-0.25, -0.2) is 8.42 Å². The number of nitriles is 1. The lowest BCUT2D eigenvalue weighted by Gasteiger charge is -2.11. The molecule has 0 fully saturated rings. The molecule has 0 aliphatic heterocycles. The van der Waals surface area contributed by atoms with Gasteiger partial charge >= 0.3 is 0 Å². The van der Waals surface area contributed by atoms with Gasteiger partial charge in [0.15, 0.2) is 0 Å². The third kappa shape index (κ3) is 2.90. The number of rotatable bonds is 3. The second-order valence-corrected chi connectivity index (χ2v) is 5.92. The van der Waals surface area contributed by atoms with Crippen LogP contribution in [0.4, 0.5) is 5.69 Å². The molecule has 0 amide bonds. The van der Waals surface area contributed by atoms with Crippen molar-refractivity contribution in [2.45, 2.75) is 11.8 Å². The summed E-state index contributed by atoms with van der Waals surface area (Å²) in [5.41, 5.74) is 1.45. The van der Waals surface area contributed by atoms with E-state index in [-0.39, 0.29) is 10.6 Å². The van der Waals surface area contributed by atoms with Crippen LogP contribution in [-0.2, 0) is 10.0 Å². The van der Waals surface area contributed by atoms with Crippen LogP contribution in [-0.4, -0.2) is 13.5 Å². The number of hydrogen-bond donors (Lipinski definition) is 2. The van der Waals surface area contributed by atoms with Gasteiger partial charge in [-0.05, 0) is 48.9 Å². The Hall–Kier alpha value is -2.52. The fourth-order valence-electron chi connectivity index (χ4n) is 1.63. The highest BCUT2D eigenvalue weighted by Gasteiger charge is 2.15. The maximum absolute atomic E-state index is 12.2. The van der Waals surface area contributed by atoms with E-state index in [9.17, 15) is 13.5 Å². The Morgan fingerprint density at radius 1 is 1.15 bits per heavy atom. The number of aromatic hydroxyl groups is 1. The Bertz CT molecular complexity index is 775. The van der Waals surface area contributed by atoms with Gasteiger partial charge in [-0.15, -0.1) is 0 Å². The quantitative estimate of drug-likeness (QED) is 0.907. The normalized spacial score (nSPS) is 10.8. The third-order valence-corrected chi connectivity index (χ3v) is 4.14. The van der Waals surface area contributed by atoms with Crippen LogP contribution >= 0.6 is 0 Å². The first-order valence-corrected chi connectivity index (χ1v) is 7.23. The second-order valence-electron chi connectivity index (χ2n) is 4.24. The highest BCUT2D eigenvalue weighted by molar-refractivity contribution is 7.92. The minimum Gasteiger partial charge on any atom is -0.508 e. The van der Waals surface area contributed by atoms with Gasteiger partial charge in [0.1, 0.15) is 5.75 Å². The minimum absolute atomic E-state index is 0.00777. The van der Waals surface area contributed by atoms with Crippen molar-refractivity contribution in [2.24, 2.45) is 0 Å². The Morgan fingerprint density at radius 3 is 2.40 bits per heavy atom. The molecule has 2 aromatic carbocycles. The molecule has 0 aromatic heterocycles. The maximum atomic E-state index is 12.2. The van der Waals surface area contributed by atoms with Crippen LogP contribution in [0.3, 0.4) is 0 Å². The second kappa shape index (κ2) is 5.23. The average molecular weight is 288 g/mol. The molecule has 0 bridgehead atoms. The lowest BCUT2D eigenvalue weighted by Crippen LogP contribution is -2.13.